The third kappa shape index (κ3) is 3.15. The maximum absolute atomic E-state index is 11.2. The fraction of sp³-hybridized carbons (Fsp3) is 0.375. The highest BCUT2D eigenvalue weighted by Gasteiger charge is 2.34. The van der Waals surface area contributed by atoms with E-state index in [4.69, 9.17) is 16.0 Å². The Labute approximate surface area is 133 Å². The van der Waals surface area contributed by atoms with Crippen molar-refractivity contribution in [3.8, 4) is 11.5 Å². The molecule has 1 aliphatic rings. The summed E-state index contributed by atoms with van der Waals surface area (Å²) in [4.78, 5) is 17.7. The molecule has 0 amide bonds. The van der Waals surface area contributed by atoms with Gasteiger partial charge in [0.15, 0.2) is 0 Å². The Balaban J connectivity index is 1.69. The van der Waals surface area contributed by atoms with Gasteiger partial charge in [0.05, 0.1) is 11.6 Å². The average molecular weight is 321 g/mol. The number of benzene rings is 1. The number of carboxylic acids is 1. The first-order chi connectivity index (χ1) is 10.5. The van der Waals surface area contributed by atoms with Gasteiger partial charge < -0.3 is 9.52 Å². The van der Waals surface area contributed by atoms with Crippen LogP contribution in [-0.4, -0.2) is 34.0 Å². The number of aromatic nitrogens is 1. The maximum Gasteiger partial charge on any atom is 0.308 e. The number of hydrogen-bond acceptors (Lipinski definition) is 4. The number of likely N-dealkylation sites (tertiary alicyclic amines) is 1. The van der Waals surface area contributed by atoms with E-state index in [0.717, 1.165) is 17.8 Å². The molecular weight excluding hydrogens is 304 g/mol. The van der Waals surface area contributed by atoms with Crippen molar-refractivity contribution in [1.29, 1.82) is 0 Å². The lowest BCUT2D eigenvalue weighted by Crippen LogP contribution is -2.23. The Kier molecular flexibility index (Phi) is 4.18. The fourth-order valence-corrected chi connectivity index (χ4v) is 3.07. The van der Waals surface area contributed by atoms with Gasteiger partial charge in [-0.3, -0.25) is 9.69 Å². The number of carbonyl (C=O) groups is 1. The van der Waals surface area contributed by atoms with E-state index in [2.05, 4.69) is 9.88 Å². The summed E-state index contributed by atoms with van der Waals surface area (Å²) in [7, 11) is 0. The number of aliphatic carboxylic acids is 1. The lowest BCUT2D eigenvalue weighted by atomic mass is 9.99. The van der Waals surface area contributed by atoms with Crippen LogP contribution in [0.2, 0.25) is 5.02 Å². The smallest absolute Gasteiger partial charge is 0.308 e. The van der Waals surface area contributed by atoms with Crippen LogP contribution in [0.5, 0.6) is 0 Å². The van der Waals surface area contributed by atoms with Gasteiger partial charge in [-0.2, -0.15) is 0 Å². The third-order valence-corrected chi connectivity index (χ3v) is 4.25. The van der Waals surface area contributed by atoms with Crippen molar-refractivity contribution in [2.45, 2.75) is 13.5 Å². The molecule has 3 rings (SSSR count). The zero-order valence-corrected chi connectivity index (χ0v) is 13.0. The van der Waals surface area contributed by atoms with E-state index < -0.39 is 5.97 Å². The third-order valence-electron chi connectivity index (χ3n) is 4.01. The van der Waals surface area contributed by atoms with Crippen LogP contribution < -0.4 is 0 Å². The Hall–Kier alpha value is -1.85. The van der Waals surface area contributed by atoms with Gasteiger partial charge in [-0.15, -0.1) is 0 Å². The molecule has 116 valence electrons. The monoisotopic (exact) mass is 320 g/mol. The van der Waals surface area contributed by atoms with Crippen LogP contribution in [0.15, 0.2) is 34.9 Å². The second kappa shape index (κ2) is 6.10. The lowest BCUT2D eigenvalue weighted by Gasteiger charge is -2.12. The molecule has 2 heterocycles. The van der Waals surface area contributed by atoms with E-state index in [9.17, 15) is 9.90 Å². The van der Waals surface area contributed by atoms with Gasteiger partial charge in [-0.1, -0.05) is 24.6 Å². The molecular formula is C16H17ClN2O3. The van der Waals surface area contributed by atoms with Crippen molar-refractivity contribution in [3.63, 3.8) is 0 Å². The molecule has 1 N–H and O–H groups in total. The van der Waals surface area contributed by atoms with E-state index in [-0.39, 0.29) is 11.8 Å². The number of hydrogen-bond donors (Lipinski definition) is 1. The fourth-order valence-electron chi connectivity index (χ4n) is 2.88. The summed E-state index contributed by atoms with van der Waals surface area (Å²) < 4.78 is 5.50. The van der Waals surface area contributed by atoms with Crippen LogP contribution in [0.4, 0.5) is 0 Å². The van der Waals surface area contributed by atoms with Crippen LogP contribution >= 0.6 is 11.6 Å². The maximum atomic E-state index is 11.2. The minimum Gasteiger partial charge on any atom is -0.481 e. The van der Waals surface area contributed by atoms with E-state index in [0.29, 0.717) is 24.0 Å². The quantitative estimate of drug-likeness (QED) is 0.937. The lowest BCUT2D eigenvalue weighted by molar-refractivity contribution is -0.142. The molecule has 0 spiro atoms. The molecule has 0 radical (unpaired) electrons. The number of oxazole rings is 1. The van der Waals surface area contributed by atoms with Gasteiger partial charge in [-0.25, -0.2) is 4.98 Å². The van der Waals surface area contributed by atoms with Crippen LogP contribution in [0.25, 0.3) is 11.5 Å². The van der Waals surface area contributed by atoms with E-state index in [1.165, 1.54) is 0 Å². The minimum absolute atomic E-state index is 0.150. The number of nitrogens with zero attached hydrogens (tertiary/aromatic N) is 2. The summed E-state index contributed by atoms with van der Waals surface area (Å²) >= 11 is 5.97. The van der Waals surface area contributed by atoms with Crippen molar-refractivity contribution in [3.05, 3.63) is 41.2 Å². The normalized spacial score (nSPS) is 22.1. The molecule has 0 bridgehead atoms. The van der Waals surface area contributed by atoms with Crippen molar-refractivity contribution in [2.24, 2.45) is 11.8 Å². The topological polar surface area (TPSA) is 66.6 Å². The number of rotatable bonds is 4. The zero-order valence-electron chi connectivity index (χ0n) is 12.2. The minimum atomic E-state index is -0.727. The first-order valence-corrected chi connectivity index (χ1v) is 7.56. The largest absolute Gasteiger partial charge is 0.481 e. The van der Waals surface area contributed by atoms with Gasteiger partial charge in [0, 0.05) is 30.2 Å². The highest BCUT2D eigenvalue weighted by atomic mass is 35.5. The molecule has 1 aliphatic heterocycles. The van der Waals surface area contributed by atoms with Crippen molar-refractivity contribution in [1.82, 2.24) is 9.88 Å². The molecule has 2 aromatic rings. The molecule has 1 saturated heterocycles. The van der Waals surface area contributed by atoms with Gasteiger partial charge in [0.25, 0.3) is 0 Å². The van der Waals surface area contributed by atoms with Gasteiger partial charge in [0.2, 0.25) is 5.89 Å². The van der Waals surface area contributed by atoms with Crippen LogP contribution in [0, 0.1) is 11.8 Å². The second-order valence-electron chi connectivity index (χ2n) is 5.77. The van der Waals surface area contributed by atoms with Crippen LogP contribution in [-0.2, 0) is 11.3 Å². The number of carboxylic acid groups (broad SMARTS) is 1. The molecule has 5 nitrogen and oxygen atoms in total. The Bertz CT molecular complexity index is 686. The standard InChI is InChI=1S/C16H17ClN2O3/c1-10-6-19(8-14(10)16(20)21)7-13-9-22-15(18-13)11-3-2-4-12(17)5-11/h2-5,9-10,14H,6-8H2,1H3,(H,20,21)/t10-,14-/m1/s1. The van der Waals surface area contributed by atoms with E-state index in [1.807, 2.05) is 19.1 Å². The summed E-state index contributed by atoms with van der Waals surface area (Å²) in [5.74, 6) is -0.356. The molecule has 0 unspecified atom stereocenters. The molecule has 6 heteroatoms. The predicted octanol–water partition coefficient (Wildman–Crippen LogP) is 3.15. The summed E-state index contributed by atoms with van der Waals surface area (Å²) in [5.41, 5.74) is 1.63. The summed E-state index contributed by atoms with van der Waals surface area (Å²) in [6, 6.07) is 7.34. The first kappa shape index (κ1) is 15.1. The second-order valence-corrected chi connectivity index (χ2v) is 6.21. The molecule has 1 aromatic carbocycles. The Morgan fingerprint density at radius 3 is 3.00 bits per heavy atom. The molecule has 0 aliphatic carbocycles. The van der Waals surface area contributed by atoms with Crippen LogP contribution in [0.1, 0.15) is 12.6 Å². The summed E-state index contributed by atoms with van der Waals surface area (Å²) in [5, 5.41) is 9.81. The first-order valence-electron chi connectivity index (χ1n) is 7.18. The summed E-state index contributed by atoms with van der Waals surface area (Å²) in [6.07, 6.45) is 1.62. The van der Waals surface area contributed by atoms with Crippen molar-refractivity contribution >= 4 is 17.6 Å². The zero-order chi connectivity index (χ0) is 15.7. The SMILES string of the molecule is C[C@@H]1CN(Cc2coc(-c3cccc(Cl)c3)n2)C[C@H]1C(=O)O. The van der Waals surface area contributed by atoms with Crippen LogP contribution in [0.3, 0.4) is 0 Å². The van der Waals surface area contributed by atoms with Gasteiger partial charge in [0.1, 0.15) is 6.26 Å². The predicted molar refractivity (Wildman–Crippen MR) is 82.5 cm³/mol. The highest BCUT2D eigenvalue weighted by molar-refractivity contribution is 6.30. The van der Waals surface area contributed by atoms with Crippen molar-refractivity contribution in [2.75, 3.05) is 13.1 Å². The van der Waals surface area contributed by atoms with E-state index in [1.54, 1.807) is 18.4 Å². The Morgan fingerprint density at radius 2 is 2.32 bits per heavy atom. The van der Waals surface area contributed by atoms with Gasteiger partial charge in [-0.05, 0) is 24.1 Å². The molecule has 2 atom stereocenters. The Morgan fingerprint density at radius 1 is 1.50 bits per heavy atom. The van der Waals surface area contributed by atoms with E-state index >= 15 is 0 Å². The molecule has 22 heavy (non-hydrogen) atoms. The summed E-state index contributed by atoms with van der Waals surface area (Å²) in [6.45, 7) is 3.88. The molecule has 1 aromatic heterocycles. The molecule has 1 fully saturated rings. The molecule has 0 saturated carbocycles. The highest BCUT2D eigenvalue weighted by Crippen LogP contribution is 2.26. The number of halogens is 1. The van der Waals surface area contributed by atoms with Crippen molar-refractivity contribution < 1.29 is 14.3 Å². The average Bonchev–Trinajstić information content (AvgIpc) is 3.06. The van der Waals surface area contributed by atoms with Gasteiger partial charge >= 0.3 is 5.97 Å².